The van der Waals surface area contributed by atoms with Crippen LogP contribution in [0.3, 0.4) is 0 Å². The Morgan fingerprint density at radius 2 is 2.38 bits per heavy atom. The quantitative estimate of drug-likeness (QED) is 0.797. The van der Waals surface area contributed by atoms with Gasteiger partial charge in [0.2, 0.25) is 0 Å². The summed E-state index contributed by atoms with van der Waals surface area (Å²) in [6.07, 6.45) is 0.646. The van der Waals surface area contributed by atoms with E-state index in [-0.39, 0.29) is 12.5 Å². The van der Waals surface area contributed by atoms with E-state index >= 15 is 0 Å². The van der Waals surface area contributed by atoms with E-state index in [4.69, 9.17) is 5.11 Å². The summed E-state index contributed by atoms with van der Waals surface area (Å²) in [5.74, 6) is -0.0254. The number of nitriles is 1. The van der Waals surface area contributed by atoms with Crippen LogP contribution < -0.4 is 0 Å². The van der Waals surface area contributed by atoms with Crippen molar-refractivity contribution in [3.63, 3.8) is 0 Å². The SMILES string of the molecule is N#CC1(n2nnc3ccccc32)CC1CO. The number of nitrogens with zero attached hydrogens (tertiary/aromatic N) is 4. The minimum Gasteiger partial charge on any atom is -0.396 e. The van der Waals surface area contributed by atoms with E-state index in [0.29, 0.717) is 6.42 Å². The van der Waals surface area contributed by atoms with Gasteiger partial charge in [-0.15, -0.1) is 5.10 Å². The predicted octanol–water partition coefficient (Wildman–Crippen LogP) is 0.662. The maximum Gasteiger partial charge on any atom is 0.156 e. The van der Waals surface area contributed by atoms with Crippen LogP contribution in [0.4, 0.5) is 0 Å². The molecule has 1 heterocycles. The first-order chi connectivity index (χ1) is 7.81. The first kappa shape index (κ1) is 9.31. The lowest BCUT2D eigenvalue weighted by Gasteiger charge is -2.08. The predicted molar refractivity (Wildman–Crippen MR) is 56.3 cm³/mol. The van der Waals surface area contributed by atoms with E-state index < -0.39 is 5.54 Å². The maximum atomic E-state index is 9.24. The van der Waals surface area contributed by atoms with Gasteiger partial charge in [-0.2, -0.15) is 5.26 Å². The number of hydrogen-bond donors (Lipinski definition) is 1. The van der Waals surface area contributed by atoms with Gasteiger partial charge in [0.15, 0.2) is 5.54 Å². The van der Waals surface area contributed by atoms with Gasteiger partial charge in [0.25, 0.3) is 0 Å². The van der Waals surface area contributed by atoms with Crippen LogP contribution in [0.25, 0.3) is 11.0 Å². The molecule has 80 valence electrons. The highest BCUT2D eigenvalue weighted by Crippen LogP contribution is 2.49. The fourth-order valence-electron chi connectivity index (χ4n) is 2.14. The summed E-state index contributed by atoms with van der Waals surface area (Å²) in [7, 11) is 0. The van der Waals surface area contributed by atoms with Crippen LogP contribution in [0.1, 0.15) is 6.42 Å². The Bertz CT molecular complexity index is 585. The smallest absolute Gasteiger partial charge is 0.156 e. The number of benzene rings is 1. The molecule has 0 radical (unpaired) electrons. The van der Waals surface area contributed by atoms with Gasteiger partial charge >= 0.3 is 0 Å². The summed E-state index contributed by atoms with van der Waals surface area (Å²) in [5, 5.41) is 26.4. The molecule has 0 bridgehead atoms. The zero-order valence-electron chi connectivity index (χ0n) is 8.54. The van der Waals surface area contributed by atoms with Gasteiger partial charge in [0.05, 0.1) is 11.6 Å². The van der Waals surface area contributed by atoms with Crippen molar-refractivity contribution >= 4 is 11.0 Å². The zero-order valence-corrected chi connectivity index (χ0v) is 8.54. The molecule has 2 atom stereocenters. The molecule has 2 unspecified atom stereocenters. The Morgan fingerprint density at radius 1 is 1.56 bits per heavy atom. The Hall–Kier alpha value is -1.93. The highest BCUT2D eigenvalue weighted by atomic mass is 16.3. The Morgan fingerprint density at radius 3 is 3.06 bits per heavy atom. The number of hydrogen-bond acceptors (Lipinski definition) is 4. The highest BCUT2D eigenvalue weighted by molar-refractivity contribution is 5.74. The molecule has 0 amide bonds. The van der Waals surface area contributed by atoms with Crippen LogP contribution >= 0.6 is 0 Å². The minimum atomic E-state index is -0.690. The average Bonchev–Trinajstić information content (AvgIpc) is 2.91. The van der Waals surface area contributed by atoms with E-state index in [1.54, 1.807) is 4.68 Å². The third-order valence-corrected chi connectivity index (χ3v) is 3.22. The molecule has 3 rings (SSSR count). The van der Waals surface area contributed by atoms with Crippen molar-refractivity contribution in [2.45, 2.75) is 12.0 Å². The van der Waals surface area contributed by atoms with Gasteiger partial charge in [-0.1, -0.05) is 17.3 Å². The molecule has 0 saturated heterocycles. The first-order valence-electron chi connectivity index (χ1n) is 5.15. The lowest BCUT2D eigenvalue weighted by molar-refractivity contribution is 0.257. The molecular weight excluding hydrogens is 204 g/mol. The molecule has 5 heteroatoms. The molecule has 2 aromatic rings. The lowest BCUT2D eigenvalue weighted by Crippen LogP contribution is -2.20. The molecule has 0 aliphatic heterocycles. The van der Waals surface area contributed by atoms with Crippen molar-refractivity contribution in [1.29, 1.82) is 5.26 Å². The Kier molecular flexibility index (Phi) is 1.76. The minimum absolute atomic E-state index is 0.0156. The van der Waals surface area contributed by atoms with Crippen LogP contribution in [-0.4, -0.2) is 26.7 Å². The van der Waals surface area contributed by atoms with Crippen molar-refractivity contribution in [3.8, 4) is 6.07 Å². The molecular formula is C11H10N4O. The standard InChI is InChI=1S/C11H10N4O/c12-7-11(5-8(11)6-16)15-10-4-2-1-3-9(10)13-14-15/h1-4,8,16H,5-6H2. The molecule has 1 saturated carbocycles. The molecule has 1 N–H and O–H groups in total. The van der Waals surface area contributed by atoms with Gasteiger partial charge in [-0.25, -0.2) is 4.68 Å². The Labute approximate surface area is 91.9 Å². The second-order valence-corrected chi connectivity index (χ2v) is 4.11. The third kappa shape index (κ3) is 1.02. The molecule has 1 aliphatic rings. The zero-order chi connectivity index (χ0) is 11.2. The lowest BCUT2D eigenvalue weighted by atomic mass is 10.2. The summed E-state index contributed by atoms with van der Waals surface area (Å²) < 4.78 is 1.64. The molecule has 1 aliphatic carbocycles. The summed E-state index contributed by atoms with van der Waals surface area (Å²) in [6, 6.07) is 9.78. The summed E-state index contributed by atoms with van der Waals surface area (Å²) >= 11 is 0. The monoisotopic (exact) mass is 214 g/mol. The third-order valence-electron chi connectivity index (χ3n) is 3.22. The van der Waals surface area contributed by atoms with Crippen LogP contribution in [-0.2, 0) is 5.54 Å². The number of aromatic nitrogens is 3. The van der Waals surface area contributed by atoms with Crippen molar-refractivity contribution < 1.29 is 5.11 Å². The average molecular weight is 214 g/mol. The van der Waals surface area contributed by atoms with Crippen molar-refractivity contribution in [2.24, 2.45) is 5.92 Å². The maximum absolute atomic E-state index is 9.24. The van der Waals surface area contributed by atoms with E-state index in [9.17, 15) is 5.26 Å². The summed E-state index contributed by atoms with van der Waals surface area (Å²) in [5.41, 5.74) is 0.936. The fourth-order valence-corrected chi connectivity index (χ4v) is 2.14. The van der Waals surface area contributed by atoms with Crippen molar-refractivity contribution in [3.05, 3.63) is 24.3 Å². The van der Waals surface area contributed by atoms with Crippen molar-refractivity contribution in [1.82, 2.24) is 15.0 Å². The van der Waals surface area contributed by atoms with E-state index in [1.165, 1.54) is 0 Å². The molecule has 5 nitrogen and oxygen atoms in total. The Balaban J connectivity index is 2.17. The summed E-state index contributed by atoms with van der Waals surface area (Å²) in [6.45, 7) is 0.0156. The van der Waals surface area contributed by atoms with Crippen LogP contribution in [0.5, 0.6) is 0 Å². The second kappa shape index (κ2) is 3.03. The van der Waals surface area contributed by atoms with Crippen molar-refractivity contribution in [2.75, 3.05) is 6.61 Å². The molecule has 1 aromatic heterocycles. The second-order valence-electron chi connectivity index (χ2n) is 4.11. The number of para-hydroxylation sites is 1. The van der Waals surface area contributed by atoms with Crippen LogP contribution in [0.2, 0.25) is 0 Å². The molecule has 16 heavy (non-hydrogen) atoms. The van der Waals surface area contributed by atoms with E-state index in [2.05, 4.69) is 16.4 Å². The van der Waals surface area contributed by atoms with Gasteiger partial charge in [0, 0.05) is 12.5 Å². The van der Waals surface area contributed by atoms with E-state index in [1.807, 2.05) is 24.3 Å². The van der Waals surface area contributed by atoms with Gasteiger partial charge < -0.3 is 5.11 Å². The highest BCUT2D eigenvalue weighted by Gasteiger charge is 2.58. The topological polar surface area (TPSA) is 74.7 Å². The van der Waals surface area contributed by atoms with Crippen LogP contribution in [0, 0.1) is 17.2 Å². The number of fused-ring (bicyclic) bond motifs is 1. The van der Waals surface area contributed by atoms with Gasteiger partial charge in [-0.3, -0.25) is 0 Å². The molecule has 1 fully saturated rings. The normalized spacial score (nSPS) is 27.9. The number of aliphatic hydroxyl groups excluding tert-OH is 1. The van der Waals surface area contributed by atoms with Crippen LogP contribution in [0.15, 0.2) is 24.3 Å². The largest absolute Gasteiger partial charge is 0.396 e. The first-order valence-corrected chi connectivity index (χ1v) is 5.15. The van der Waals surface area contributed by atoms with Gasteiger partial charge in [0.1, 0.15) is 5.52 Å². The number of rotatable bonds is 2. The number of aliphatic hydroxyl groups is 1. The van der Waals surface area contributed by atoms with E-state index in [0.717, 1.165) is 11.0 Å². The molecule has 0 spiro atoms. The van der Waals surface area contributed by atoms with Gasteiger partial charge in [-0.05, 0) is 18.6 Å². The fraction of sp³-hybridized carbons (Fsp3) is 0.364. The summed E-state index contributed by atoms with van der Waals surface area (Å²) in [4.78, 5) is 0. The molecule has 1 aromatic carbocycles.